The highest BCUT2D eigenvalue weighted by Crippen LogP contribution is 2.44. The first kappa shape index (κ1) is 23.3. The van der Waals surface area contributed by atoms with Crippen LogP contribution in [-0.2, 0) is 14.3 Å². The molecule has 0 fully saturated rings. The molecule has 0 spiro atoms. The normalized spacial score (nSPS) is 13.1. The van der Waals surface area contributed by atoms with Gasteiger partial charge in [0.1, 0.15) is 6.61 Å². The van der Waals surface area contributed by atoms with Gasteiger partial charge in [-0.15, -0.1) is 0 Å². The maximum Gasteiger partial charge on any atom is 0.407 e. The quantitative estimate of drug-likeness (QED) is 0.587. The molecular weight excluding hydrogens is 408 g/mol. The molecule has 1 aliphatic carbocycles. The third kappa shape index (κ3) is 5.28. The first-order valence-electron chi connectivity index (χ1n) is 11.1. The van der Waals surface area contributed by atoms with Gasteiger partial charge in [0, 0.05) is 25.6 Å². The average Bonchev–Trinajstić information content (AvgIpc) is 3.12. The highest BCUT2D eigenvalue weighted by atomic mass is 16.5. The predicted octanol–water partition coefficient (Wildman–Crippen LogP) is 3.87. The van der Waals surface area contributed by atoms with Crippen LogP contribution in [0.2, 0.25) is 0 Å². The molecule has 0 heterocycles. The van der Waals surface area contributed by atoms with Gasteiger partial charge in [0.05, 0.1) is 12.3 Å². The van der Waals surface area contributed by atoms with E-state index in [9.17, 15) is 14.4 Å². The number of fused-ring (bicyclic) bond motifs is 3. The summed E-state index contributed by atoms with van der Waals surface area (Å²) < 4.78 is 5.53. The first-order valence-corrected chi connectivity index (χ1v) is 11.1. The Kier molecular flexibility index (Phi) is 7.87. The van der Waals surface area contributed by atoms with Gasteiger partial charge in [-0.25, -0.2) is 4.79 Å². The topological polar surface area (TPSA) is 95.9 Å². The summed E-state index contributed by atoms with van der Waals surface area (Å²) in [5, 5.41) is 11.6. The molecule has 2 aromatic carbocycles. The van der Waals surface area contributed by atoms with Crippen molar-refractivity contribution in [1.82, 2.24) is 10.2 Å². The van der Waals surface area contributed by atoms with Crippen molar-refractivity contribution in [1.29, 1.82) is 0 Å². The zero-order valence-corrected chi connectivity index (χ0v) is 18.5. The summed E-state index contributed by atoms with van der Waals surface area (Å²) in [4.78, 5) is 37.4. The van der Waals surface area contributed by atoms with Crippen LogP contribution in [0.5, 0.6) is 0 Å². The molecule has 1 atom stereocenters. The summed E-state index contributed by atoms with van der Waals surface area (Å²) in [6.45, 7) is 4.62. The molecule has 1 aliphatic rings. The summed E-state index contributed by atoms with van der Waals surface area (Å²) in [5.74, 6) is -1.55. The van der Waals surface area contributed by atoms with E-state index in [0.29, 0.717) is 13.0 Å². The Balaban J connectivity index is 1.56. The number of carbonyl (C=O) groups excluding carboxylic acids is 2. The fourth-order valence-electron chi connectivity index (χ4n) is 4.18. The largest absolute Gasteiger partial charge is 0.481 e. The number of rotatable bonds is 10. The summed E-state index contributed by atoms with van der Waals surface area (Å²) >= 11 is 0. The Bertz CT molecular complexity index is 929. The Labute approximate surface area is 188 Å². The third-order valence-corrected chi connectivity index (χ3v) is 5.97. The molecule has 0 aliphatic heterocycles. The molecule has 3 rings (SSSR count). The van der Waals surface area contributed by atoms with E-state index in [1.165, 1.54) is 4.90 Å². The van der Waals surface area contributed by atoms with Gasteiger partial charge in [-0.2, -0.15) is 0 Å². The van der Waals surface area contributed by atoms with Crippen LogP contribution in [0.25, 0.3) is 11.1 Å². The number of hydrogen-bond acceptors (Lipinski definition) is 4. The van der Waals surface area contributed by atoms with Crippen LogP contribution in [0.15, 0.2) is 48.5 Å². The lowest BCUT2D eigenvalue weighted by atomic mass is 9.98. The summed E-state index contributed by atoms with van der Waals surface area (Å²) in [6, 6.07) is 16.3. The monoisotopic (exact) mass is 438 g/mol. The van der Waals surface area contributed by atoms with Gasteiger partial charge in [0.15, 0.2) is 0 Å². The molecule has 0 aromatic heterocycles. The lowest BCUT2D eigenvalue weighted by Crippen LogP contribution is -2.42. The number of nitrogens with zero attached hydrogens (tertiary/aromatic N) is 1. The van der Waals surface area contributed by atoms with Gasteiger partial charge < -0.3 is 20.1 Å². The van der Waals surface area contributed by atoms with Crippen molar-refractivity contribution in [3.63, 3.8) is 0 Å². The Morgan fingerprint density at radius 2 is 1.62 bits per heavy atom. The van der Waals surface area contributed by atoms with Crippen LogP contribution in [0.3, 0.4) is 0 Å². The molecule has 1 unspecified atom stereocenters. The van der Waals surface area contributed by atoms with Crippen molar-refractivity contribution in [2.45, 2.75) is 32.6 Å². The Hall–Kier alpha value is -3.35. The summed E-state index contributed by atoms with van der Waals surface area (Å²) in [6.07, 6.45) is -0.131. The second-order valence-electron chi connectivity index (χ2n) is 7.87. The van der Waals surface area contributed by atoms with Gasteiger partial charge in [-0.1, -0.05) is 55.5 Å². The smallest absolute Gasteiger partial charge is 0.407 e. The van der Waals surface area contributed by atoms with Crippen LogP contribution in [-0.4, -0.2) is 54.2 Å². The zero-order valence-electron chi connectivity index (χ0n) is 18.5. The molecule has 0 bridgehead atoms. The molecule has 7 heteroatoms. The summed E-state index contributed by atoms with van der Waals surface area (Å²) in [5.41, 5.74) is 4.60. The van der Waals surface area contributed by atoms with Gasteiger partial charge in [-0.3, -0.25) is 9.59 Å². The van der Waals surface area contributed by atoms with E-state index >= 15 is 0 Å². The van der Waals surface area contributed by atoms with Crippen molar-refractivity contribution in [3.8, 4) is 11.1 Å². The number of aliphatic carboxylic acids is 1. The Morgan fingerprint density at radius 1 is 1.03 bits per heavy atom. The van der Waals surface area contributed by atoms with Crippen LogP contribution in [0, 0.1) is 5.92 Å². The highest BCUT2D eigenvalue weighted by molar-refractivity contribution is 5.81. The van der Waals surface area contributed by atoms with Gasteiger partial charge >= 0.3 is 12.1 Å². The van der Waals surface area contributed by atoms with Gasteiger partial charge in [0.2, 0.25) is 5.91 Å². The molecule has 2 N–H and O–H groups in total. The van der Waals surface area contributed by atoms with E-state index < -0.39 is 18.0 Å². The van der Waals surface area contributed by atoms with Gasteiger partial charge in [-0.05, 0) is 35.6 Å². The zero-order chi connectivity index (χ0) is 23.1. The minimum Gasteiger partial charge on any atom is -0.481 e. The van der Waals surface area contributed by atoms with E-state index in [1.807, 2.05) is 38.1 Å². The minimum absolute atomic E-state index is 0.0247. The maximum atomic E-state index is 12.7. The molecule has 7 nitrogen and oxygen atoms in total. The highest BCUT2D eigenvalue weighted by Gasteiger charge is 2.29. The molecule has 0 radical (unpaired) electrons. The van der Waals surface area contributed by atoms with Crippen LogP contribution in [0.4, 0.5) is 4.79 Å². The van der Waals surface area contributed by atoms with Crippen molar-refractivity contribution in [3.05, 3.63) is 59.7 Å². The molecule has 32 heavy (non-hydrogen) atoms. The van der Waals surface area contributed by atoms with Gasteiger partial charge in [0.25, 0.3) is 0 Å². The second kappa shape index (κ2) is 10.8. The van der Waals surface area contributed by atoms with Crippen LogP contribution >= 0.6 is 0 Å². The predicted molar refractivity (Wildman–Crippen MR) is 121 cm³/mol. The standard InChI is InChI=1S/C25H30N2O5/c1-3-17(24(30)27(4-2)14-13-23(28)29)15-26-25(31)32-16-22-20-11-7-5-9-18(20)19-10-6-8-12-21(19)22/h5-12,17,22H,3-4,13-16H2,1-2H3,(H,26,31)(H,28,29). The number of carboxylic acid groups (broad SMARTS) is 1. The molecule has 0 saturated carbocycles. The fraction of sp³-hybridized carbons (Fsp3) is 0.400. The number of hydrogen-bond donors (Lipinski definition) is 2. The average molecular weight is 439 g/mol. The fourth-order valence-corrected chi connectivity index (χ4v) is 4.18. The number of amides is 2. The van der Waals surface area contributed by atoms with Crippen molar-refractivity contribution >= 4 is 18.0 Å². The van der Waals surface area contributed by atoms with E-state index in [4.69, 9.17) is 9.84 Å². The minimum atomic E-state index is -0.943. The molecule has 0 saturated heterocycles. The van der Waals surface area contributed by atoms with E-state index in [2.05, 4.69) is 29.6 Å². The maximum absolute atomic E-state index is 12.7. The Morgan fingerprint density at radius 3 is 2.16 bits per heavy atom. The van der Waals surface area contributed by atoms with Crippen LogP contribution in [0.1, 0.15) is 43.7 Å². The number of alkyl carbamates (subject to hydrolysis) is 1. The number of ether oxygens (including phenoxy) is 1. The number of carboxylic acids is 1. The van der Waals surface area contributed by atoms with Crippen LogP contribution < -0.4 is 5.32 Å². The molecular formula is C25H30N2O5. The summed E-state index contributed by atoms with van der Waals surface area (Å²) in [7, 11) is 0. The molecule has 170 valence electrons. The number of carbonyl (C=O) groups is 3. The van der Waals surface area contributed by atoms with E-state index in [0.717, 1.165) is 22.3 Å². The second-order valence-corrected chi connectivity index (χ2v) is 7.87. The molecule has 2 amide bonds. The van der Waals surface area contributed by atoms with Crippen molar-refractivity contribution in [2.75, 3.05) is 26.2 Å². The van der Waals surface area contributed by atoms with Crippen molar-refractivity contribution in [2.24, 2.45) is 5.92 Å². The number of benzene rings is 2. The lowest BCUT2D eigenvalue weighted by molar-refractivity contribution is -0.139. The third-order valence-electron chi connectivity index (χ3n) is 5.97. The first-order chi connectivity index (χ1) is 15.5. The molecule has 2 aromatic rings. The van der Waals surface area contributed by atoms with E-state index in [-0.39, 0.29) is 37.9 Å². The van der Waals surface area contributed by atoms with E-state index in [1.54, 1.807) is 0 Å². The number of nitrogens with one attached hydrogen (secondary N) is 1. The SMILES string of the molecule is CCC(CNC(=O)OCC1c2ccccc2-c2ccccc21)C(=O)N(CC)CCC(=O)O. The lowest BCUT2D eigenvalue weighted by Gasteiger charge is -2.25. The van der Waals surface area contributed by atoms with Crippen molar-refractivity contribution < 1.29 is 24.2 Å².